The van der Waals surface area contributed by atoms with Crippen LogP contribution in [0.5, 0.6) is 0 Å². The highest BCUT2D eigenvalue weighted by molar-refractivity contribution is 7.96. The smallest absolute Gasteiger partial charge is 0.276 e. The molecule has 8 heteroatoms. The highest BCUT2D eigenvalue weighted by atomic mass is 32.1. The molecule has 0 aliphatic rings. The standard InChI is InChI=1S/C4H7NOS.CH3NOS.H4N2/c1-2-3-5-4(6)7;2-1(3)4;1-2/h2H,1,3H2,(H2,5,6,7);(H3,2,3,4);1-2H2. The van der Waals surface area contributed by atoms with E-state index < -0.39 is 5.24 Å². The molecule has 0 aromatic heterocycles. The third-order valence-corrected chi connectivity index (χ3v) is 0.556. The van der Waals surface area contributed by atoms with E-state index in [4.69, 9.17) is 4.79 Å². The van der Waals surface area contributed by atoms with E-state index in [0.29, 0.717) is 6.54 Å². The van der Waals surface area contributed by atoms with Gasteiger partial charge in [-0.2, -0.15) is 0 Å². The monoisotopic (exact) mass is 226 g/mol. The molecule has 0 aromatic carbocycles. The Morgan fingerprint density at radius 3 is 1.77 bits per heavy atom. The van der Waals surface area contributed by atoms with Gasteiger partial charge >= 0.3 is 0 Å². The van der Waals surface area contributed by atoms with E-state index in [2.05, 4.69) is 54.6 Å². The van der Waals surface area contributed by atoms with Crippen LogP contribution < -0.4 is 22.7 Å². The zero-order chi connectivity index (χ0) is 11.3. The van der Waals surface area contributed by atoms with Gasteiger partial charge in [0.05, 0.1) is 0 Å². The molecule has 0 fully saturated rings. The quantitative estimate of drug-likeness (QED) is 0.166. The average molecular weight is 226 g/mol. The van der Waals surface area contributed by atoms with Crippen molar-refractivity contribution in [1.82, 2.24) is 5.32 Å². The van der Waals surface area contributed by atoms with Gasteiger partial charge in [-0.1, -0.05) is 31.3 Å². The Morgan fingerprint density at radius 2 is 1.69 bits per heavy atom. The van der Waals surface area contributed by atoms with E-state index in [1.165, 1.54) is 0 Å². The first-order chi connectivity index (χ1) is 6.00. The summed E-state index contributed by atoms with van der Waals surface area (Å²) in [7, 11) is 0. The Kier molecular flexibility index (Phi) is 24.3. The zero-order valence-electron chi connectivity index (χ0n) is 6.93. The SMILES string of the molecule is C=CCNC(=O)S.NC(=O)S.NN. The van der Waals surface area contributed by atoms with Gasteiger partial charge in [-0.05, 0) is 0 Å². The molecule has 0 atom stereocenters. The molecule has 0 aliphatic heterocycles. The number of carbonyl (C=O) groups excluding carboxylic acids is 2. The lowest BCUT2D eigenvalue weighted by atomic mass is 10.6. The van der Waals surface area contributed by atoms with E-state index in [-0.39, 0.29) is 5.24 Å². The number of nitrogens with one attached hydrogen (secondary N) is 1. The Bertz CT molecular complexity index is 149. The van der Waals surface area contributed by atoms with Crippen molar-refractivity contribution in [3.05, 3.63) is 12.7 Å². The van der Waals surface area contributed by atoms with Gasteiger partial charge in [0.2, 0.25) is 0 Å². The van der Waals surface area contributed by atoms with Gasteiger partial charge in [-0.3, -0.25) is 21.3 Å². The summed E-state index contributed by atoms with van der Waals surface area (Å²) in [6, 6.07) is 0. The number of hydrazine groups is 1. The van der Waals surface area contributed by atoms with Crippen LogP contribution in [0.3, 0.4) is 0 Å². The molecule has 0 bridgehead atoms. The second-order valence-corrected chi connectivity index (χ2v) is 2.16. The predicted molar refractivity (Wildman–Crippen MR) is 59.5 cm³/mol. The molecule has 0 heterocycles. The van der Waals surface area contributed by atoms with E-state index in [0.717, 1.165) is 0 Å². The number of hydrogen-bond donors (Lipinski definition) is 6. The topological polar surface area (TPSA) is 124 Å². The number of nitrogens with two attached hydrogens (primary N) is 3. The van der Waals surface area contributed by atoms with Crippen LogP contribution >= 0.6 is 25.3 Å². The number of primary amides is 1. The van der Waals surface area contributed by atoms with Gasteiger partial charge in [0.25, 0.3) is 10.5 Å². The third-order valence-electron chi connectivity index (χ3n) is 0.398. The lowest BCUT2D eigenvalue weighted by Gasteiger charge is -1.89. The van der Waals surface area contributed by atoms with Crippen LogP contribution in [-0.2, 0) is 0 Å². The highest BCUT2D eigenvalue weighted by Crippen LogP contribution is 1.72. The largest absolute Gasteiger partial charge is 0.361 e. The van der Waals surface area contributed by atoms with Gasteiger partial charge in [0, 0.05) is 6.54 Å². The Hall–Kier alpha value is -0.700. The maximum absolute atomic E-state index is 9.91. The number of carbonyl (C=O) groups is 2. The summed E-state index contributed by atoms with van der Waals surface area (Å²) in [5, 5.41) is 1.44. The minimum Gasteiger partial charge on any atom is -0.361 e. The fourth-order valence-electron chi connectivity index (χ4n) is 0.159. The van der Waals surface area contributed by atoms with E-state index >= 15 is 0 Å². The summed E-state index contributed by atoms with van der Waals surface area (Å²) in [4.78, 5) is 19.0. The lowest BCUT2D eigenvalue weighted by molar-refractivity contribution is 0.262. The van der Waals surface area contributed by atoms with Crippen LogP contribution in [0, 0.1) is 0 Å². The van der Waals surface area contributed by atoms with Crippen molar-refractivity contribution >= 4 is 35.7 Å². The van der Waals surface area contributed by atoms with E-state index in [1.54, 1.807) is 6.08 Å². The number of hydrogen-bond acceptors (Lipinski definition) is 4. The minimum absolute atomic E-state index is 0.320. The fourth-order valence-corrected chi connectivity index (χ4v) is 0.251. The summed E-state index contributed by atoms with van der Waals surface area (Å²) in [5.74, 6) is 8.00. The molecule has 13 heavy (non-hydrogen) atoms. The first kappa shape index (κ1) is 18.2. The van der Waals surface area contributed by atoms with E-state index in [1.807, 2.05) is 0 Å². The van der Waals surface area contributed by atoms with Crippen molar-refractivity contribution in [3.63, 3.8) is 0 Å². The molecule has 0 aromatic rings. The first-order valence-corrected chi connectivity index (χ1v) is 3.79. The highest BCUT2D eigenvalue weighted by Gasteiger charge is 1.82. The molecule has 0 unspecified atom stereocenters. The number of rotatable bonds is 2. The summed E-state index contributed by atoms with van der Waals surface area (Å²) in [6.07, 6.45) is 1.59. The Morgan fingerprint density at radius 1 is 1.38 bits per heavy atom. The van der Waals surface area contributed by atoms with Crippen molar-refractivity contribution in [2.24, 2.45) is 17.4 Å². The zero-order valence-corrected chi connectivity index (χ0v) is 8.72. The molecule has 0 saturated carbocycles. The summed E-state index contributed by atoms with van der Waals surface area (Å²) < 4.78 is 0. The lowest BCUT2D eigenvalue weighted by Crippen LogP contribution is -2.15. The van der Waals surface area contributed by atoms with Crippen LogP contribution in [0.2, 0.25) is 0 Å². The molecular weight excluding hydrogens is 212 g/mol. The minimum atomic E-state index is -0.639. The van der Waals surface area contributed by atoms with Crippen LogP contribution in [0.25, 0.3) is 0 Å². The molecule has 6 nitrogen and oxygen atoms in total. The van der Waals surface area contributed by atoms with Crippen LogP contribution in [0.1, 0.15) is 0 Å². The van der Waals surface area contributed by atoms with Crippen molar-refractivity contribution in [2.75, 3.05) is 6.54 Å². The van der Waals surface area contributed by atoms with E-state index in [9.17, 15) is 4.79 Å². The maximum atomic E-state index is 9.91. The second kappa shape index (κ2) is 17.4. The van der Waals surface area contributed by atoms with Gasteiger partial charge in [-0.25, -0.2) is 0 Å². The summed E-state index contributed by atoms with van der Waals surface area (Å²) >= 11 is 6.54. The third kappa shape index (κ3) is 89.7. The Balaban J connectivity index is -0.000000142. The molecular formula is C5H14N4O2S2. The van der Waals surface area contributed by atoms with Crippen LogP contribution in [-0.4, -0.2) is 17.0 Å². The van der Waals surface area contributed by atoms with Crippen molar-refractivity contribution in [1.29, 1.82) is 0 Å². The van der Waals surface area contributed by atoms with Crippen molar-refractivity contribution in [3.8, 4) is 0 Å². The average Bonchev–Trinajstić information content (AvgIpc) is 2.03. The molecule has 7 N–H and O–H groups in total. The van der Waals surface area contributed by atoms with Crippen molar-refractivity contribution < 1.29 is 9.59 Å². The van der Waals surface area contributed by atoms with Gasteiger partial charge in [0.15, 0.2) is 0 Å². The van der Waals surface area contributed by atoms with Crippen molar-refractivity contribution in [2.45, 2.75) is 0 Å². The maximum Gasteiger partial charge on any atom is 0.276 e. The molecule has 0 saturated heterocycles. The molecule has 0 radical (unpaired) electrons. The number of thiol groups is 2. The predicted octanol–water partition coefficient (Wildman–Crippen LogP) is -0.374. The molecule has 78 valence electrons. The first-order valence-electron chi connectivity index (χ1n) is 2.90. The summed E-state index contributed by atoms with van der Waals surface area (Å²) in [5.41, 5.74) is 4.34. The molecule has 0 spiro atoms. The molecule has 0 aliphatic carbocycles. The Labute approximate surface area is 87.7 Å². The summed E-state index contributed by atoms with van der Waals surface area (Å²) in [6.45, 7) is 3.87. The van der Waals surface area contributed by atoms with Crippen LogP contribution in [0.4, 0.5) is 9.59 Å². The fraction of sp³-hybridized carbons (Fsp3) is 0.200. The van der Waals surface area contributed by atoms with Crippen LogP contribution in [0.15, 0.2) is 12.7 Å². The number of amides is 2. The van der Waals surface area contributed by atoms with Gasteiger partial charge in [0.1, 0.15) is 0 Å². The molecule has 0 rings (SSSR count). The van der Waals surface area contributed by atoms with Gasteiger partial charge in [-0.15, -0.1) is 6.58 Å². The normalized spacial score (nSPS) is 6.46. The van der Waals surface area contributed by atoms with Gasteiger partial charge < -0.3 is 11.1 Å². The second-order valence-electron chi connectivity index (χ2n) is 1.31. The molecule has 2 amide bonds.